The average molecular weight is 252 g/mol. The van der Waals surface area contributed by atoms with E-state index >= 15 is 0 Å². The summed E-state index contributed by atoms with van der Waals surface area (Å²) in [4.78, 5) is 2.78. The number of unbranched alkanes of at least 4 members (excludes halogenated alkanes) is 1. The molecule has 1 aliphatic heterocycles. The summed E-state index contributed by atoms with van der Waals surface area (Å²) in [6, 6.07) is 0.781. The molecule has 2 rings (SSSR count). The van der Waals surface area contributed by atoms with E-state index in [0.717, 1.165) is 6.04 Å². The summed E-state index contributed by atoms with van der Waals surface area (Å²) >= 11 is 0. The van der Waals surface area contributed by atoms with Gasteiger partial charge in [-0.05, 0) is 45.7 Å². The minimum Gasteiger partial charge on any atom is -0.310 e. The first-order valence-corrected chi connectivity index (χ1v) is 8.25. The van der Waals surface area contributed by atoms with Crippen molar-refractivity contribution in [3.8, 4) is 0 Å². The van der Waals surface area contributed by atoms with Crippen LogP contribution in [0.15, 0.2) is 0 Å². The predicted octanol–water partition coefficient (Wildman–Crippen LogP) is 3.56. The average Bonchev–Trinajstić information content (AvgIpc) is 2.60. The Labute approximate surface area is 114 Å². The van der Waals surface area contributed by atoms with E-state index < -0.39 is 0 Å². The van der Waals surface area contributed by atoms with Gasteiger partial charge in [0.05, 0.1) is 0 Å². The topological polar surface area (TPSA) is 15.3 Å². The fourth-order valence-corrected chi connectivity index (χ4v) is 3.78. The van der Waals surface area contributed by atoms with E-state index in [-0.39, 0.29) is 0 Å². The molecule has 2 aliphatic rings. The second kappa shape index (κ2) is 6.91. The second-order valence-corrected chi connectivity index (χ2v) is 6.58. The summed E-state index contributed by atoms with van der Waals surface area (Å²) in [5.74, 6) is 0. The van der Waals surface area contributed by atoms with Crippen LogP contribution in [0, 0.1) is 0 Å². The van der Waals surface area contributed by atoms with E-state index in [1.807, 2.05) is 0 Å². The highest BCUT2D eigenvalue weighted by molar-refractivity contribution is 4.96. The summed E-state index contributed by atoms with van der Waals surface area (Å²) < 4.78 is 0. The fraction of sp³-hybridized carbons (Fsp3) is 1.00. The lowest BCUT2D eigenvalue weighted by Gasteiger charge is -2.41. The first-order chi connectivity index (χ1) is 8.76. The van der Waals surface area contributed by atoms with Gasteiger partial charge in [0.25, 0.3) is 0 Å². The Kier molecular flexibility index (Phi) is 5.50. The Morgan fingerprint density at radius 2 is 1.94 bits per heavy atom. The second-order valence-electron chi connectivity index (χ2n) is 6.58. The standard InChI is InChI=1S/C16H32N2/c1-3-4-9-15(2)18-13-8-12-17-16(14-18)10-6-5-7-11-16/h15,17H,3-14H2,1-2H3. The molecule has 2 fully saturated rings. The van der Waals surface area contributed by atoms with Crippen molar-refractivity contribution in [3.05, 3.63) is 0 Å². The Morgan fingerprint density at radius 3 is 2.67 bits per heavy atom. The number of rotatable bonds is 4. The lowest BCUT2D eigenvalue weighted by atomic mass is 9.81. The molecule has 1 saturated carbocycles. The molecule has 0 aromatic heterocycles. The molecule has 0 radical (unpaired) electrons. The van der Waals surface area contributed by atoms with Gasteiger partial charge < -0.3 is 5.32 Å². The zero-order valence-corrected chi connectivity index (χ0v) is 12.5. The highest BCUT2D eigenvalue weighted by atomic mass is 15.2. The van der Waals surface area contributed by atoms with E-state index in [1.165, 1.54) is 77.4 Å². The third-order valence-corrected chi connectivity index (χ3v) is 5.04. The van der Waals surface area contributed by atoms with Gasteiger partial charge in [0.15, 0.2) is 0 Å². The summed E-state index contributed by atoms with van der Waals surface area (Å²) in [6.07, 6.45) is 12.6. The van der Waals surface area contributed by atoms with Crippen LogP contribution in [-0.2, 0) is 0 Å². The van der Waals surface area contributed by atoms with Gasteiger partial charge in [0.2, 0.25) is 0 Å². The molecule has 1 spiro atoms. The van der Waals surface area contributed by atoms with Crippen molar-refractivity contribution in [3.63, 3.8) is 0 Å². The monoisotopic (exact) mass is 252 g/mol. The van der Waals surface area contributed by atoms with Gasteiger partial charge in [-0.1, -0.05) is 39.0 Å². The minimum atomic E-state index is 0.467. The summed E-state index contributed by atoms with van der Waals surface area (Å²) in [5, 5.41) is 3.90. The maximum Gasteiger partial charge on any atom is 0.0308 e. The molecule has 2 heteroatoms. The molecule has 1 atom stereocenters. The highest BCUT2D eigenvalue weighted by Gasteiger charge is 2.35. The number of hydrogen-bond acceptors (Lipinski definition) is 2. The van der Waals surface area contributed by atoms with Crippen LogP contribution in [-0.4, -0.2) is 36.1 Å². The van der Waals surface area contributed by atoms with Crippen LogP contribution < -0.4 is 5.32 Å². The van der Waals surface area contributed by atoms with Crippen molar-refractivity contribution in [1.29, 1.82) is 0 Å². The molecule has 0 aromatic rings. The first kappa shape index (κ1) is 14.3. The Balaban J connectivity index is 1.93. The van der Waals surface area contributed by atoms with Gasteiger partial charge in [0.1, 0.15) is 0 Å². The SMILES string of the molecule is CCCCC(C)N1CCCNC2(CCCCC2)C1. The van der Waals surface area contributed by atoms with Crippen LogP contribution in [0.3, 0.4) is 0 Å². The van der Waals surface area contributed by atoms with E-state index in [1.54, 1.807) is 0 Å². The third-order valence-electron chi connectivity index (χ3n) is 5.04. The molecular weight excluding hydrogens is 220 g/mol. The normalized spacial score (nSPS) is 27.0. The summed E-state index contributed by atoms with van der Waals surface area (Å²) in [5.41, 5.74) is 0.467. The zero-order chi connectivity index (χ0) is 12.8. The summed E-state index contributed by atoms with van der Waals surface area (Å²) in [6.45, 7) is 8.59. The highest BCUT2D eigenvalue weighted by Crippen LogP contribution is 2.31. The Morgan fingerprint density at radius 1 is 1.17 bits per heavy atom. The molecule has 1 unspecified atom stereocenters. The lowest BCUT2D eigenvalue weighted by Crippen LogP contribution is -2.54. The molecular formula is C16H32N2. The Bertz CT molecular complexity index is 233. The van der Waals surface area contributed by atoms with Gasteiger partial charge in [-0.25, -0.2) is 0 Å². The molecule has 1 saturated heterocycles. The number of nitrogens with one attached hydrogen (secondary N) is 1. The van der Waals surface area contributed by atoms with Crippen LogP contribution >= 0.6 is 0 Å². The van der Waals surface area contributed by atoms with Crippen molar-refractivity contribution in [2.24, 2.45) is 0 Å². The molecule has 0 bridgehead atoms. The van der Waals surface area contributed by atoms with Crippen LogP contribution in [0.1, 0.15) is 71.6 Å². The van der Waals surface area contributed by atoms with Crippen LogP contribution in [0.5, 0.6) is 0 Å². The molecule has 106 valence electrons. The number of nitrogens with zero attached hydrogens (tertiary/aromatic N) is 1. The van der Waals surface area contributed by atoms with Crippen LogP contribution in [0.4, 0.5) is 0 Å². The van der Waals surface area contributed by atoms with E-state index in [2.05, 4.69) is 24.1 Å². The van der Waals surface area contributed by atoms with Gasteiger partial charge in [-0.2, -0.15) is 0 Å². The Hall–Kier alpha value is -0.0800. The molecule has 18 heavy (non-hydrogen) atoms. The number of hydrogen-bond donors (Lipinski definition) is 1. The van der Waals surface area contributed by atoms with Crippen LogP contribution in [0.25, 0.3) is 0 Å². The van der Waals surface area contributed by atoms with Crippen molar-refractivity contribution in [2.75, 3.05) is 19.6 Å². The van der Waals surface area contributed by atoms with Crippen molar-refractivity contribution in [2.45, 2.75) is 83.2 Å². The van der Waals surface area contributed by atoms with Gasteiger partial charge in [-0.15, -0.1) is 0 Å². The van der Waals surface area contributed by atoms with Crippen LogP contribution in [0.2, 0.25) is 0 Å². The minimum absolute atomic E-state index is 0.467. The van der Waals surface area contributed by atoms with Crippen molar-refractivity contribution >= 4 is 0 Å². The maximum atomic E-state index is 3.90. The molecule has 1 heterocycles. The fourth-order valence-electron chi connectivity index (χ4n) is 3.78. The van der Waals surface area contributed by atoms with Gasteiger partial charge >= 0.3 is 0 Å². The zero-order valence-electron chi connectivity index (χ0n) is 12.5. The molecule has 0 aromatic carbocycles. The lowest BCUT2D eigenvalue weighted by molar-refractivity contribution is 0.129. The first-order valence-electron chi connectivity index (χ1n) is 8.25. The quantitative estimate of drug-likeness (QED) is 0.823. The molecule has 1 N–H and O–H groups in total. The van der Waals surface area contributed by atoms with E-state index in [9.17, 15) is 0 Å². The van der Waals surface area contributed by atoms with Gasteiger partial charge in [0, 0.05) is 18.1 Å². The molecule has 2 nitrogen and oxygen atoms in total. The molecule has 1 aliphatic carbocycles. The smallest absolute Gasteiger partial charge is 0.0308 e. The third kappa shape index (κ3) is 3.71. The van der Waals surface area contributed by atoms with E-state index in [4.69, 9.17) is 0 Å². The largest absolute Gasteiger partial charge is 0.310 e. The van der Waals surface area contributed by atoms with E-state index in [0.29, 0.717) is 5.54 Å². The summed E-state index contributed by atoms with van der Waals surface area (Å²) in [7, 11) is 0. The molecule has 0 amide bonds. The van der Waals surface area contributed by atoms with Crippen molar-refractivity contribution < 1.29 is 0 Å². The predicted molar refractivity (Wildman–Crippen MR) is 79.0 cm³/mol. The maximum absolute atomic E-state index is 3.90. The van der Waals surface area contributed by atoms with Crippen molar-refractivity contribution in [1.82, 2.24) is 10.2 Å². The van der Waals surface area contributed by atoms with Gasteiger partial charge in [-0.3, -0.25) is 4.90 Å².